The van der Waals surface area contributed by atoms with Gasteiger partial charge in [0.25, 0.3) is 0 Å². The summed E-state index contributed by atoms with van der Waals surface area (Å²) < 4.78 is 26.2. The maximum absolute atomic E-state index is 13.3. The van der Waals surface area contributed by atoms with Gasteiger partial charge in [-0.2, -0.15) is 0 Å². The SMILES string of the molecule is O=C(NCCc1cccc(F)c1)Nc1ccccc1F. The van der Waals surface area contributed by atoms with Gasteiger partial charge in [0.2, 0.25) is 0 Å². The third kappa shape index (κ3) is 4.05. The van der Waals surface area contributed by atoms with Crippen molar-refractivity contribution in [2.45, 2.75) is 6.42 Å². The Kier molecular flexibility index (Phi) is 4.65. The molecule has 0 spiro atoms. The van der Waals surface area contributed by atoms with E-state index in [1.807, 2.05) is 0 Å². The monoisotopic (exact) mass is 276 g/mol. The van der Waals surface area contributed by atoms with Gasteiger partial charge in [-0.25, -0.2) is 13.6 Å². The van der Waals surface area contributed by atoms with Crippen molar-refractivity contribution >= 4 is 11.7 Å². The molecular weight excluding hydrogens is 262 g/mol. The molecule has 0 heterocycles. The summed E-state index contributed by atoms with van der Waals surface area (Å²) in [7, 11) is 0. The Bertz CT molecular complexity index is 602. The van der Waals surface area contributed by atoms with E-state index in [9.17, 15) is 13.6 Å². The predicted octanol–water partition coefficient (Wildman–Crippen LogP) is 3.33. The van der Waals surface area contributed by atoms with E-state index >= 15 is 0 Å². The number of anilines is 1. The lowest BCUT2D eigenvalue weighted by molar-refractivity contribution is 0.252. The highest BCUT2D eigenvalue weighted by Crippen LogP contribution is 2.11. The highest BCUT2D eigenvalue weighted by molar-refractivity contribution is 5.89. The second-order valence-corrected chi connectivity index (χ2v) is 4.24. The van der Waals surface area contributed by atoms with E-state index in [4.69, 9.17) is 0 Å². The number of benzene rings is 2. The molecule has 2 aromatic rings. The van der Waals surface area contributed by atoms with Crippen molar-refractivity contribution < 1.29 is 13.6 Å². The van der Waals surface area contributed by atoms with Gasteiger partial charge in [-0.15, -0.1) is 0 Å². The minimum atomic E-state index is -0.494. The average molecular weight is 276 g/mol. The van der Waals surface area contributed by atoms with Gasteiger partial charge in [-0.1, -0.05) is 24.3 Å². The molecule has 3 nitrogen and oxygen atoms in total. The van der Waals surface area contributed by atoms with Crippen LogP contribution in [0.3, 0.4) is 0 Å². The first-order valence-corrected chi connectivity index (χ1v) is 6.19. The summed E-state index contributed by atoms with van der Waals surface area (Å²) in [6.07, 6.45) is 0.502. The lowest BCUT2D eigenvalue weighted by atomic mass is 10.1. The number of urea groups is 1. The molecule has 0 aromatic heterocycles. The minimum Gasteiger partial charge on any atom is -0.338 e. The van der Waals surface area contributed by atoms with Gasteiger partial charge < -0.3 is 10.6 Å². The molecule has 0 saturated heterocycles. The van der Waals surface area contributed by atoms with Crippen LogP contribution in [0.2, 0.25) is 0 Å². The molecule has 2 rings (SSSR count). The van der Waals surface area contributed by atoms with Crippen molar-refractivity contribution in [3.8, 4) is 0 Å². The van der Waals surface area contributed by atoms with Crippen LogP contribution in [-0.4, -0.2) is 12.6 Å². The van der Waals surface area contributed by atoms with Gasteiger partial charge in [-0.05, 0) is 36.2 Å². The van der Waals surface area contributed by atoms with E-state index in [-0.39, 0.29) is 11.5 Å². The Morgan fingerprint density at radius 2 is 1.85 bits per heavy atom. The predicted molar refractivity (Wildman–Crippen MR) is 73.5 cm³/mol. The van der Waals surface area contributed by atoms with E-state index in [0.717, 1.165) is 5.56 Å². The standard InChI is InChI=1S/C15H14F2N2O/c16-12-5-3-4-11(10-12)8-9-18-15(20)19-14-7-2-1-6-13(14)17/h1-7,10H,8-9H2,(H2,18,19,20). The zero-order chi connectivity index (χ0) is 14.4. The Morgan fingerprint density at radius 1 is 1.05 bits per heavy atom. The molecule has 0 atom stereocenters. The fourth-order valence-electron chi connectivity index (χ4n) is 1.74. The summed E-state index contributed by atoms with van der Waals surface area (Å²) in [5.74, 6) is -0.800. The third-order valence-electron chi connectivity index (χ3n) is 2.71. The van der Waals surface area contributed by atoms with Gasteiger partial charge >= 0.3 is 6.03 Å². The Morgan fingerprint density at radius 3 is 2.60 bits per heavy atom. The average Bonchev–Trinajstić information content (AvgIpc) is 2.41. The fourth-order valence-corrected chi connectivity index (χ4v) is 1.74. The molecule has 104 valence electrons. The number of carbonyl (C=O) groups excluding carboxylic acids is 1. The van der Waals surface area contributed by atoms with Crippen molar-refractivity contribution in [1.82, 2.24) is 5.32 Å². The zero-order valence-corrected chi connectivity index (χ0v) is 10.7. The van der Waals surface area contributed by atoms with E-state index < -0.39 is 11.8 Å². The van der Waals surface area contributed by atoms with E-state index in [1.54, 1.807) is 24.3 Å². The molecule has 0 radical (unpaired) electrons. The number of hydrogen-bond donors (Lipinski definition) is 2. The number of hydrogen-bond acceptors (Lipinski definition) is 1. The van der Waals surface area contributed by atoms with Crippen molar-refractivity contribution in [1.29, 1.82) is 0 Å². The normalized spacial score (nSPS) is 10.1. The van der Waals surface area contributed by atoms with E-state index in [1.165, 1.54) is 24.3 Å². The van der Waals surface area contributed by atoms with Crippen LogP contribution in [0.1, 0.15) is 5.56 Å². The Hall–Kier alpha value is -2.43. The van der Waals surface area contributed by atoms with Crippen LogP contribution in [0, 0.1) is 11.6 Å². The fraction of sp³-hybridized carbons (Fsp3) is 0.133. The molecular formula is C15H14F2N2O. The van der Waals surface area contributed by atoms with Gasteiger partial charge in [0.05, 0.1) is 5.69 Å². The first-order chi connectivity index (χ1) is 9.65. The van der Waals surface area contributed by atoms with Crippen molar-refractivity contribution in [3.05, 3.63) is 65.7 Å². The molecule has 0 aliphatic rings. The van der Waals surface area contributed by atoms with Gasteiger partial charge in [0, 0.05) is 6.54 Å². The summed E-state index contributed by atoms with van der Waals surface area (Å²) in [5.41, 5.74) is 0.909. The van der Waals surface area contributed by atoms with E-state index in [0.29, 0.717) is 13.0 Å². The quantitative estimate of drug-likeness (QED) is 0.883. The van der Waals surface area contributed by atoms with Crippen LogP contribution in [-0.2, 0) is 6.42 Å². The Labute approximate surface area is 115 Å². The smallest absolute Gasteiger partial charge is 0.319 e. The number of carbonyl (C=O) groups is 1. The lowest BCUT2D eigenvalue weighted by Crippen LogP contribution is -2.30. The number of halogens is 2. The number of para-hydroxylation sites is 1. The summed E-state index contributed by atoms with van der Waals surface area (Å²) >= 11 is 0. The maximum Gasteiger partial charge on any atom is 0.319 e. The molecule has 0 unspecified atom stereocenters. The highest BCUT2D eigenvalue weighted by Gasteiger charge is 2.05. The van der Waals surface area contributed by atoms with E-state index in [2.05, 4.69) is 10.6 Å². The topological polar surface area (TPSA) is 41.1 Å². The van der Waals surface area contributed by atoms with Crippen molar-refractivity contribution in [2.24, 2.45) is 0 Å². The summed E-state index contributed by atoms with van der Waals surface area (Å²) in [4.78, 5) is 11.6. The summed E-state index contributed by atoms with van der Waals surface area (Å²) in [6, 6.07) is 11.6. The number of amides is 2. The van der Waals surface area contributed by atoms with Crippen LogP contribution >= 0.6 is 0 Å². The summed E-state index contributed by atoms with van der Waals surface area (Å²) in [6.45, 7) is 0.337. The van der Waals surface area contributed by atoms with Crippen LogP contribution in [0.5, 0.6) is 0 Å². The van der Waals surface area contributed by atoms with Gasteiger partial charge in [0.1, 0.15) is 11.6 Å². The molecule has 2 amide bonds. The van der Waals surface area contributed by atoms with Crippen molar-refractivity contribution in [3.63, 3.8) is 0 Å². The molecule has 0 saturated carbocycles. The number of rotatable bonds is 4. The first kappa shape index (κ1) is 14.0. The molecule has 0 aliphatic carbocycles. The van der Waals surface area contributed by atoms with Crippen LogP contribution in [0.15, 0.2) is 48.5 Å². The lowest BCUT2D eigenvalue weighted by Gasteiger charge is -2.08. The van der Waals surface area contributed by atoms with Gasteiger partial charge in [0.15, 0.2) is 0 Å². The summed E-state index contributed by atoms with van der Waals surface area (Å²) in [5, 5.41) is 5.00. The molecule has 0 aliphatic heterocycles. The van der Waals surface area contributed by atoms with Crippen molar-refractivity contribution in [2.75, 3.05) is 11.9 Å². The van der Waals surface area contributed by atoms with Crippen LogP contribution in [0.4, 0.5) is 19.3 Å². The van der Waals surface area contributed by atoms with Gasteiger partial charge in [-0.3, -0.25) is 0 Å². The Balaban J connectivity index is 1.80. The molecule has 5 heteroatoms. The largest absolute Gasteiger partial charge is 0.338 e. The van der Waals surface area contributed by atoms with Crippen LogP contribution < -0.4 is 10.6 Å². The molecule has 2 N–H and O–H groups in total. The second kappa shape index (κ2) is 6.65. The molecule has 20 heavy (non-hydrogen) atoms. The van der Waals surface area contributed by atoms with Crippen LogP contribution in [0.25, 0.3) is 0 Å². The third-order valence-corrected chi connectivity index (χ3v) is 2.71. The second-order valence-electron chi connectivity index (χ2n) is 4.24. The maximum atomic E-state index is 13.3. The number of nitrogens with one attached hydrogen (secondary N) is 2. The highest BCUT2D eigenvalue weighted by atomic mass is 19.1. The molecule has 0 bridgehead atoms. The molecule has 0 fully saturated rings. The first-order valence-electron chi connectivity index (χ1n) is 6.19. The minimum absolute atomic E-state index is 0.121. The molecule has 2 aromatic carbocycles. The zero-order valence-electron chi connectivity index (χ0n) is 10.7.